The lowest BCUT2D eigenvalue weighted by molar-refractivity contribution is -0.142. The predicted octanol–water partition coefficient (Wildman–Crippen LogP) is 4.50. The van der Waals surface area contributed by atoms with Crippen molar-refractivity contribution in [3.63, 3.8) is 0 Å². The van der Waals surface area contributed by atoms with Gasteiger partial charge in [-0.25, -0.2) is 9.50 Å². The average Bonchev–Trinajstić information content (AvgIpc) is 3.11. The Morgan fingerprint density at radius 3 is 2.14 bits per heavy atom. The van der Waals surface area contributed by atoms with Crippen LogP contribution in [0.1, 0.15) is 41.7 Å². The fraction of sp³-hybridized carbons (Fsp3) is 0.458. The molecule has 0 radical (unpaired) electrons. The molecule has 2 aromatic heterocycles. The molecular formula is C24H27F3N4O4. The summed E-state index contributed by atoms with van der Waals surface area (Å²) in [6.07, 6.45) is 0.629. The summed E-state index contributed by atoms with van der Waals surface area (Å²) >= 11 is 0. The van der Waals surface area contributed by atoms with Gasteiger partial charge in [0.15, 0.2) is 28.6 Å². The van der Waals surface area contributed by atoms with E-state index in [1.54, 1.807) is 0 Å². The van der Waals surface area contributed by atoms with E-state index < -0.39 is 11.9 Å². The summed E-state index contributed by atoms with van der Waals surface area (Å²) in [6, 6.07) is 3.91. The van der Waals surface area contributed by atoms with Crippen molar-refractivity contribution < 1.29 is 32.2 Å². The zero-order chi connectivity index (χ0) is 25.2. The lowest BCUT2D eigenvalue weighted by Gasteiger charge is -2.18. The number of aromatic nitrogens is 3. The minimum absolute atomic E-state index is 0.00611. The van der Waals surface area contributed by atoms with Crippen LogP contribution in [0, 0.1) is 0 Å². The van der Waals surface area contributed by atoms with Gasteiger partial charge in [0.25, 0.3) is 0 Å². The summed E-state index contributed by atoms with van der Waals surface area (Å²) in [7, 11) is 4.26. The molecule has 188 valence electrons. The molecule has 1 aromatic carbocycles. The number of Topliss-reactive ketones (excluding diaryl/α,β-unsaturated/α-hetero) is 1. The zero-order valence-corrected chi connectivity index (χ0v) is 19.8. The lowest BCUT2D eigenvalue weighted by atomic mass is 10.1. The largest absolute Gasteiger partial charge is 0.493 e. The number of rotatable bonds is 7. The van der Waals surface area contributed by atoms with E-state index in [2.05, 4.69) is 10.1 Å². The maximum absolute atomic E-state index is 14.0. The van der Waals surface area contributed by atoms with Crippen LogP contribution in [0.3, 0.4) is 0 Å². The van der Waals surface area contributed by atoms with Crippen LogP contribution in [-0.4, -0.2) is 66.2 Å². The summed E-state index contributed by atoms with van der Waals surface area (Å²) in [6.45, 7) is 1.67. The number of likely N-dealkylation sites (tertiary alicyclic amines) is 1. The Morgan fingerprint density at radius 1 is 0.971 bits per heavy atom. The Hall–Kier alpha value is -3.34. The second-order valence-electron chi connectivity index (χ2n) is 8.35. The Labute approximate surface area is 200 Å². The van der Waals surface area contributed by atoms with Crippen molar-refractivity contribution in [2.24, 2.45) is 0 Å². The third kappa shape index (κ3) is 5.04. The number of fused-ring (bicyclic) bond motifs is 1. The molecule has 0 aliphatic carbocycles. The van der Waals surface area contributed by atoms with Gasteiger partial charge in [-0.15, -0.1) is 0 Å². The topological polar surface area (TPSA) is 78.2 Å². The van der Waals surface area contributed by atoms with Crippen molar-refractivity contribution in [3.8, 4) is 28.5 Å². The van der Waals surface area contributed by atoms with E-state index in [-0.39, 0.29) is 40.7 Å². The molecule has 0 unspecified atom stereocenters. The third-order valence-corrected chi connectivity index (χ3v) is 6.09. The summed E-state index contributed by atoms with van der Waals surface area (Å²) in [5.74, 6) is 0.518. The summed E-state index contributed by atoms with van der Waals surface area (Å²) in [5, 5.41) is 3.87. The van der Waals surface area contributed by atoms with E-state index in [1.165, 1.54) is 33.5 Å². The molecule has 1 fully saturated rings. The maximum Gasteiger partial charge on any atom is 0.433 e. The summed E-state index contributed by atoms with van der Waals surface area (Å²) in [4.78, 5) is 19.6. The smallest absolute Gasteiger partial charge is 0.433 e. The van der Waals surface area contributed by atoms with Crippen LogP contribution >= 0.6 is 0 Å². The highest BCUT2D eigenvalue weighted by Gasteiger charge is 2.36. The Balaban J connectivity index is 1.83. The van der Waals surface area contributed by atoms with Crippen molar-refractivity contribution in [1.29, 1.82) is 0 Å². The van der Waals surface area contributed by atoms with E-state index >= 15 is 0 Å². The number of benzene rings is 1. The molecule has 1 aliphatic heterocycles. The van der Waals surface area contributed by atoms with Gasteiger partial charge >= 0.3 is 6.18 Å². The minimum atomic E-state index is -4.73. The number of hydrogen-bond donors (Lipinski definition) is 0. The molecule has 0 saturated carbocycles. The maximum atomic E-state index is 14.0. The van der Waals surface area contributed by atoms with E-state index in [9.17, 15) is 18.0 Å². The quantitative estimate of drug-likeness (QED) is 0.450. The fourth-order valence-electron chi connectivity index (χ4n) is 4.32. The first-order valence-electron chi connectivity index (χ1n) is 11.3. The number of nitrogens with zero attached hydrogens (tertiary/aromatic N) is 4. The first-order chi connectivity index (χ1) is 16.8. The van der Waals surface area contributed by atoms with Crippen LogP contribution < -0.4 is 14.2 Å². The van der Waals surface area contributed by atoms with E-state index in [1.807, 2.05) is 4.90 Å². The lowest BCUT2D eigenvalue weighted by Crippen LogP contribution is -2.30. The molecule has 0 N–H and O–H groups in total. The number of ether oxygens (including phenoxy) is 3. The molecule has 3 aromatic rings. The molecule has 0 spiro atoms. The molecule has 35 heavy (non-hydrogen) atoms. The number of carbonyl (C=O) groups excluding carboxylic acids is 1. The fourth-order valence-corrected chi connectivity index (χ4v) is 4.32. The van der Waals surface area contributed by atoms with Gasteiger partial charge in [0.2, 0.25) is 5.75 Å². The zero-order valence-electron chi connectivity index (χ0n) is 19.8. The van der Waals surface area contributed by atoms with E-state index in [0.29, 0.717) is 15.8 Å². The van der Waals surface area contributed by atoms with Crippen molar-refractivity contribution in [1.82, 2.24) is 19.5 Å². The number of carbonyl (C=O) groups is 1. The van der Waals surface area contributed by atoms with Crippen molar-refractivity contribution in [2.75, 3.05) is 41.0 Å². The SMILES string of the molecule is COc1cc(-c2cc(C(F)(F)F)n3ncc(C(=O)CN4CCCCCC4)c3n2)cc(OC)c1OC. The van der Waals surface area contributed by atoms with E-state index in [4.69, 9.17) is 14.2 Å². The Kier molecular flexibility index (Phi) is 7.15. The number of methoxy groups -OCH3 is 3. The molecule has 0 bridgehead atoms. The van der Waals surface area contributed by atoms with Crippen LogP contribution in [-0.2, 0) is 6.18 Å². The monoisotopic (exact) mass is 492 g/mol. The van der Waals surface area contributed by atoms with Crippen LogP contribution in [0.25, 0.3) is 16.9 Å². The van der Waals surface area contributed by atoms with Gasteiger partial charge in [0.05, 0.1) is 45.3 Å². The highest BCUT2D eigenvalue weighted by molar-refractivity contribution is 6.02. The van der Waals surface area contributed by atoms with Gasteiger partial charge in [-0.2, -0.15) is 18.3 Å². The molecule has 0 amide bonds. The molecule has 8 nitrogen and oxygen atoms in total. The van der Waals surface area contributed by atoms with Crippen molar-refractivity contribution in [2.45, 2.75) is 31.9 Å². The van der Waals surface area contributed by atoms with Gasteiger partial charge in [-0.3, -0.25) is 9.69 Å². The normalized spacial score (nSPS) is 15.1. The molecule has 3 heterocycles. The number of ketones is 1. The second kappa shape index (κ2) is 10.1. The highest BCUT2D eigenvalue weighted by atomic mass is 19.4. The second-order valence-corrected chi connectivity index (χ2v) is 8.35. The van der Waals surface area contributed by atoms with Crippen molar-refractivity contribution in [3.05, 3.63) is 35.7 Å². The van der Waals surface area contributed by atoms with Gasteiger partial charge in [-0.1, -0.05) is 12.8 Å². The predicted molar refractivity (Wildman–Crippen MR) is 122 cm³/mol. The molecule has 1 aliphatic rings. The van der Waals surface area contributed by atoms with Crippen LogP contribution in [0.2, 0.25) is 0 Å². The average molecular weight is 492 g/mol. The number of halogens is 3. The van der Waals surface area contributed by atoms with Crippen LogP contribution in [0.5, 0.6) is 17.2 Å². The van der Waals surface area contributed by atoms with Crippen LogP contribution in [0.4, 0.5) is 13.2 Å². The van der Waals surface area contributed by atoms with Gasteiger partial charge in [0.1, 0.15) is 0 Å². The van der Waals surface area contributed by atoms with Crippen LogP contribution in [0.15, 0.2) is 24.4 Å². The Morgan fingerprint density at radius 2 is 1.60 bits per heavy atom. The van der Waals surface area contributed by atoms with Gasteiger partial charge in [-0.05, 0) is 44.1 Å². The summed E-state index contributed by atoms with van der Waals surface area (Å²) in [5.41, 5.74) is -0.842. The standard InChI is InChI=1S/C24H27F3N4O4/c1-33-19-10-15(11-20(34-2)22(19)35-3)17-12-21(24(25,26)27)31-23(29-17)16(13-28-31)18(32)14-30-8-6-4-5-7-9-30/h10-13H,4-9,14H2,1-3H3. The first-order valence-corrected chi connectivity index (χ1v) is 11.3. The molecule has 4 rings (SSSR count). The van der Waals surface area contributed by atoms with E-state index in [0.717, 1.165) is 51.0 Å². The first kappa shape index (κ1) is 24.8. The molecule has 11 heteroatoms. The minimum Gasteiger partial charge on any atom is -0.493 e. The van der Waals surface area contributed by atoms with Gasteiger partial charge in [0, 0.05) is 5.56 Å². The van der Waals surface area contributed by atoms with Gasteiger partial charge < -0.3 is 14.2 Å². The number of hydrogen-bond acceptors (Lipinski definition) is 7. The number of alkyl halides is 3. The Bertz CT molecular complexity index is 1190. The summed E-state index contributed by atoms with van der Waals surface area (Å²) < 4.78 is 58.7. The molecule has 1 saturated heterocycles. The molecule has 0 atom stereocenters. The van der Waals surface area contributed by atoms with Crippen molar-refractivity contribution >= 4 is 11.4 Å². The third-order valence-electron chi connectivity index (χ3n) is 6.09. The molecular weight excluding hydrogens is 465 g/mol. The highest BCUT2D eigenvalue weighted by Crippen LogP contribution is 2.42.